The van der Waals surface area contributed by atoms with Gasteiger partial charge in [-0.1, -0.05) is 18.3 Å². The van der Waals surface area contributed by atoms with Gasteiger partial charge in [0.2, 0.25) is 10.0 Å². The molecule has 0 atom stereocenters. The van der Waals surface area contributed by atoms with E-state index in [1.807, 2.05) is 0 Å². The number of hydrogen-bond acceptors (Lipinski definition) is 4. The second-order valence-electron chi connectivity index (χ2n) is 4.85. The van der Waals surface area contributed by atoms with Crippen molar-refractivity contribution in [3.05, 3.63) is 29.3 Å². The van der Waals surface area contributed by atoms with Gasteiger partial charge in [-0.2, -0.15) is 0 Å². The van der Waals surface area contributed by atoms with Gasteiger partial charge in [-0.25, -0.2) is 13.1 Å². The van der Waals surface area contributed by atoms with Crippen molar-refractivity contribution in [3.63, 3.8) is 0 Å². The quantitative estimate of drug-likeness (QED) is 0.813. The predicted molar refractivity (Wildman–Crippen MR) is 81.2 cm³/mol. The van der Waals surface area contributed by atoms with Gasteiger partial charge in [-0.15, -0.1) is 0 Å². The van der Waals surface area contributed by atoms with Crippen LogP contribution in [0.5, 0.6) is 0 Å². The van der Waals surface area contributed by atoms with Crippen molar-refractivity contribution in [1.29, 1.82) is 0 Å². The Morgan fingerprint density at radius 1 is 1.40 bits per heavy atom. The van der Waals surface area contributed by atoms with E-state index in [0.717, 1.165) is 0 Å². The van der Waals surface area contributed by atoms with E-state index >= 15 is 0 Å². The first-order chi connectivity index (χ1) is 9.40. The van der Waals surface area contributed by atoms with Gasteiger partial charge >= 0.3 is 0 Å². The fourth-order valence-electron chi connectivity index (χ4n) is 2.20. The Hall–Kier alpha value is -1.02. The van der Waals surface area contributed by atoms with E-state index in [-0.39, 0.29) is 15.9 Å². The minimum atomic E-state index is -3.52. The number of nitrogens with one attached hydrogen (secondary N) is 1. The van der Waals surface area contributed by atoms with Crippen molar-refractivity contribution in [2.24, 2.45) is 5.73 Å². The third-order valence-electron chi connectivity index (χ3n) is 3.29. The molecule has 0 bridgehead atoms. The first kappa shape index (κ1) is 15.4. The second-order valence-corrected chi connectivity index (χ2v) is 6.97. The Morgan fingerprint density at radius 2 is 2.05 bits per heavy atom. The summed E-state index contributed by atoms with van der Waals surface area (Å²) in [4.78, 5) is 0.526. The fourth-order valence-corrected chi connectivity index (χ4v) is 3.86. The Morgan fingerprint density at radius 3 is 2.60 bits per heavy atom. The minimum absolute atomic E-state index is 0.0663. The van der Waals surface area contributed by atoms with E-state index in [0.29, 0.717) is 37.2 Å². The number of nitrogens with two attached hydrogens (primary N) is 1. The van der Waals surface area contributed by atoms with E-state index in [2.05, 4.69) is 4.72 Å². The fraction of sp³-hybridized carbons (Fsp3) is 0.462. The van der Waals surface area contributed by atoms with Gasteiger partial charge in [-0.3, -0.25) is 0 Å². The zero-order chi connectivity index (χ0) is 14.8. The van der Waals surface area contributed by atoms with Crippen molar-refractivity contribution in [2.75, 3.05) is 13.2 Å². The van der Waals surface area contributed by atoms with Crippen LogP contribution in [0, 0.1) is 6.92 Å². The van der Waals surface area contributed by atoms with Crippen LogP contribution in [0.1, 0.15) is 24.0 Å². The summed E-state index contributed by atoms with van der Waals surface area (Å²) in [5.41, 5.74) is 6.85. The summed E-state index contributed by atoms with van der Waals surface area (Å²) in [7, 11) is -3.52. The summed E-state index contributed by atoms with van der Waals surface area (Å²) in [6, 6.07) is 4.81. The summed E-state index contributed by atoms with van der Waals surface area (Å²) in [6.07, 6.45) is 1.40. The first-order valence-electron chi connectivity index (χ1n) is 6.40. The van der Waals surface area contributed by atoms with Crippen LogP contribution in [0.2, 0.25) is 0 Å². The van der Waals surface area contributed by atoms with Crippen LogP contribution in [-0.4, -0.2) is 32.7 Å². The number of ether oxygens (including phenoxy) is 1. The molecule has 3 N–H and O–H groups in total. The molecule has 0 radical (unpaired) electrons. The van der Waals surface area contributed by atoms with Crippen LogP contribution in [0.3, 0.4) is 0 Å². The minimum Gasteiger partial charge on any atom is -0.389 e. The second kappa shape index (κ2) is 6.17. The van der Waals surface area contributed by atoms with Crippen molar-refractivity contribution < 1.29 is 13.2 Å². The molecule has 1 aliphatic rings. The maximum Gasteiger partial charge on any atom is 0.241 e. The normalized spacial score (nSPS) is 17.1. The van der Waals surface area contributed by atoms with Crippen molar-refractivity contribution in [2.45, 2.75) is 30.7 Å². The third-order valence-corrected chi connectivity index (χ3v) is 5.21. The monoisotopic (exact) mass is 314 g/mol. The topological polar surface area (TPSA) is 81.4 Å². The number of sulfonamides is 1. The molecule has 1 fully saturated rings. The molecule has 0 aliphatic carbocycles. The van der Waals surface area contributed by atoms with E-state index < -0.39 is 10.0 Å². The lowest BCUT2D eigenvalue weighted by Crippen LogP contribution is -2.39. The molecule has 110 valence electrons. The Labute approximate surface area is 124 Å². The molecule has 7 heteroatoms. The van der Waals surface area contributed by atoms with Gasteiger partial charge in [0.1, 0.15) is 4.99 Å². The molecule has 1 aromatic carbocycles. The molecule has 1 heterocycles. The molecule has 1 aliphatic heterocycles. The maximum absolute atomic E-state index is 12.4. The predicted octanol–water partition coefficient (Wildman–Crippen LogP) is 1.09. The van der Waals surface area contributed by atoms with E-state index in [1.54, 1.807) is 25.1 Å². The SMILES string of the molecule is Cc1cc(C(N)=S)ccc1S(=O)(=O)NC1CCOCC1. The lowest BCUT2D eigenvalue weighted by molar-refractivity contribution is 0.0832. The molecule has 0 amide bonds. The lowest BCUT2D eigenvalue weighted by atomic mass is 10.1. The highest BCUT2D eigenvalue weighted by molar-refractivity contribution is 7.89. The van der Waals surface area contributed by atoms with E-state index in [1.165, 1.54) is 0 Å². The van der Waals surface area contributed by atoms with Crippen molar-refractivity contribution >= 4 is 27.2 Å². The molecule has 0 saturated carbocycles. The average molecular weight is 314 g/mol. The van der Waals surface area contributed by atoms with Crippen LogP contribution in [0.15, 0.2) is 23.1 Å². The smallest absolute Gasteiger partial charge is 0.241 e. The van der Waals surface area contributed by atoms with Crippen LogP contribution >= 0.6 is 12.2 Å². The molecule has 20 heavy (non-hydrogen) atoms. The number of benzene rings is 1. The lowest BCUT2D eigenvalue weighted by Gasteiger charge is -2.23. The summed E-state index contributed by atoms with van der Waals surface area (Å²) in [5.74, 6) is 0. The summed E-state index contributed by atoms with van der Waals surface area (Å²) < 4.78 is 32.7. The maximum atomic E-state index is 12.4. The highest BCUT2D eigenvalue weighted by Gasteiger charge is 2.23. The Bertz CT molecular complexity index is 608. The first-order valence-corrected chi connectivity index (χ1v) is 8.30. The van der Waals surface area contributed by atoms with E-state index in [9.17, 15) is 8.42 Å². The van der Waals surface area contributed by atoms with Gasteiger partial charge in [0.05, 0.1) is 4.90 Å². The number of aryl methyl sites for hydroxylation is 1. The zero-order valence-corrected chi connectivity index (χ0v) is 12.9. The van der Waals surface area contributed by atoms with Gasteiger partial charge in [0.25, 0.3) is 0 Å². The largest absolute Gasteiger partial charge is 0.389 e. The van der Waals surface area contributed by atoms with Gasteiger partial charge < -0.3 is 10.5 Å². The highest BCUT2D eigenvalue weighted by atomic mass is 32.2. The Balaban J connectivity index is 2.22. The molecule has 1 aromatic rings. The molecule has 0 spiro atoms. The summed E-state index contributed by atoms with van der Waals surface area (Å²) in [6.45, 7) is 2.92. The van der Waals surface area contributed by atoms with Gasteiger partial charge in [0, 0.05) is 24.8 Å². The molecular weight excluding hydrogens is 296 g/mol. The van der Waals surface area contributed by atoms with E-state index in [4.69, 9.17) is 22.7 Å². The number of hydrogen-bond donors (Lipinski definition) is 2. The zero-order valence-electron chi connectivity index (χ0n) is 11.3. The van der Waals surface area contributed by atoms with Crippen LogP contribution in [0.25, 0.3) is 0 Å². The summed E-state index contributed by atoms with van der Waals surface area (Å²) in [5, 5.41) is 0. The molecule has 0 unspecified atom stereocenters. The molecule has 1 saturated heterocycles. The summed E-state index contributed by atoms with van der Waals surface area (Å²) >= 11 is 4.89. The van der Waals surface area contributed by atoms with Crippen molar-refractivity contribution in [3.8, 4) is 0 Å². The molecule has 0 aromatic heterocycles. The molecular formula is C13H18N2O3S2. The van der Waals surface area contributed by atoms with Gasteiger partial charge in [-0.05, 0) is 37.5 Å². The van der Waals surface area contributed by atoms with Crippen LogP contribution in [-0.2, 0) is 14.8 Å². The standard InChI is InChI=1S/C13H18N2O3S2/c1-9-8-10(13(14)19)2-3-12(9)20(16,17)15-11-4-6-18-7-5-11/h2-3,8,11,15H,4-7H2,1H3,(H2,14,19). The number of rotatable bonds is 4. The average Bonchev–Trinajstić information content (AvgIpc) is 2.38. The third kappa shape index (κ3) is 3.54. The Kier molecular flexibility index (Phi) is 4.74. The number of thiocarbonyl (C=S) groups is 1. The van der Waals surface area contributed by atoms with Gasteiger partial charge in [0.15, 0.2) is 0 Å². The molecule has 5 nitrogen and oxygen atoms in total. The highest BCUT2D eigenvalue weighted by Crippen LogP contribution is 2.18. The van der Waals surface area contributed by atoms with Crippen molar-refractivity contribution in [1.82, 2.24) is 4.72 Å². The molecule has 2 rings (SSSR count). The van der Waals surface area contributed by atoms with Crippen LogP contribution in [0.4, 0.5) is 0 Å². The van der Waals surface area contributed by atoms with Crippen LogP contribution < -0.4 is 10.5 Å².